The first-order chi connectivity index (χ1) is 11.5. The summed E-state index contributed by atoms with van der Waals surface area (Å²) in [6, 6.07) is 10.7. The van der Waals surface area contributed by atoms with Crippen molar-refractivity contribution in [2.24, 2.45) is 5.73 Å². The van der Waals surface area contributed by atoms with E-state index in [4.69, 9.17) is 5.73 Å². The smallest absolute Gasteiger partial charge is 0.267 e. The minimum absolute atomic E-state index is 0.226. The van der Waals surface area contributed by atoms with Gasteiger partial charge >= 0.3 is 0 Å². The minimum atomic E-state index is -0.519. The van der Waals surface area contributed by atoms with Crippen LogP contribution in [-0.2, 0) is 4.79 Å². The molecule has 3 rings (SSSR count). The summed E-state index contributed by atoms with van der Waals surface area (Å²) in [6.07, 6.45) is 1.68. The second kappa shape index (κ2) is 6.45. The van der Waals surface area contributed by atoms with Gasteiger partial charge in [-0.3, -0.25) is 9.59 Å². The zero-order valence-corrected chi connectivity index (χ0v) is 14.1. The Morgan fingerprint density at radius 3 is 2.67 bits per heavy atom. The molecule has 1 atom stereocenters. The largest absolute Gasteiger partial charge is 0.369 e. The summed E-state index contributed by atoms with van der Waals surface area (Å²) in [6.45, 7) is 3.60. The number of fused-ring (bicyclic) bond motifs is 1. The molecule has 122 valence electrons. The van der Waals surface area contributed by atoms with Crippen molar-refractivity contribution in [3.63, 3.8) is 0 Å². The van der Waals surface area contributed by atoms with E-state index in [1.165, 1.54) is 4.57 Å². The van der Waals surface area contributed by atoms with Crippen LogP contribution >= 0.6 is 11.8 Å². The number of thioether (sulfide) groups is 1. The van der Waals surface area contributed by atoms with Crippen LogP contribution in [-0.4, -0.2) is 25.7 Å². The standard InChI is InChI=1S/C17H16N4O2S/c1-10-7-8-14(19-9-10)21-16(23)12-5-3-4-6-13(12)20-17(21)24-11(2)15(18)22/h3-9,11H,1-2H3,(H2,18,22)/t11-/m0/s1. The van der Waals surface area contributed by atoms with Gasteiger partial charge in [-0.15, -0.1) is 0 Å². The third-order valence-corrected chi connectivity index (χ3v) is 4.62. The number of aromatic nitrogens is 3. The van der Waals surface area contributed by atoms with E-state index < -0.39 is 11.2 Å². The molecule has 0 fully saturated rings. The fraction of sp³-hybridized carbons (Fsp3) is 0.176. The molecule has 2 N–H and O–H groups in total. The first kappa shape index (κ1) is 16.2. The topological polar surface area (TPSA) is 90.9 Å². The monoisotopic (exact) mass is 340 g/mol. The summed E-state index contributed by atoms with van der Waals surface area (Å²) in [5.74, 6) is -0.00570. The molecule has 0 aliphatic carbocycles. The van der Waals surface area contributed by atoms with E-state index in [2.05, 4.69) is 9.97 Å². The Morgan fingerprint density at radius 1 is 1.25 bits per heavy atom. The number of carbonyl (C=O) groups excluding carboxylic acids is 1. The van der Waals surface area contributed by atoms with Gasteiger partial charge < -0.3 is 5.73 Å². The maximum absolute atomic E-state index is 12.9. The summed E-state index contributed by atoms with van der Waals surface area (Å²) in [5, 5.41) is 0.368. The van der Waals surface area contributed by atoms with Crippen LogP contribution in [0.5, 0.6) is 0 Å². The maximum Gasteiger partial charge on any atom is 0.267 e. The van der Waals surface area contributed by atoms with Gasteiger partial charge in [-0.1, -0.05) is 30.0 Å². The predicted molar refractivity (Wildman–Crippen MR) is 94.4 cm³/mol. The third kappa shape index (κ3) is 3.03. The molecule has 0 bridgehead atoms. The van der Waals surface area contributed by atoms with Crippen LogP contribution < -0.4 is 11.3 Å². The van der Waals surface area contributed by atoms with Gasteiger partial charge in [-0.05, 0) is 37.6 Å². The lowest BCUT2D eigenvalue weighted by Crippen LogP contribution is -2.26. The lowest BCUT2D eigenvalue weighted by atomic mass is 10.2. The van der Waals surface area contributed by atoms with Crippen molar-refractivity contribution in [2.45, 2.75) is 24.3 Å². The van der Waals surface area contributed by atoms with Gasteiger partial charge in [-0.2, -0.15) is 0 Å². The zero-order valence-electron chi connectivity index (χ0n) is 13.3. The summed E-state index contributed by atoms with van der Waals surface area (Å²) in [4.78, 5) is 33.2. The number of pyridine rings is 1. The SMILES string of the molecule is Cc1ccc(-n2c(S[C@@H](C)C(N)=O)nc3ccccc3c2=O)nc1. The molecule has 1 amide bonds. The molecule has 7 heteroatoms. The van der Waals surface area contributed by atoms with Crippen molar-refractivity contribution in [1.82, 2.24) is 14.5 Å². The summed E-state index contributed by atoms with van der Waals surface area (Å²) >= 11 is 1.14. The number of nitrogens with zero attached hydrogens (tertiary/aromatic N) is 3. The Labute approximate surface area is 142 Å². The fourth-order valence-electron chi connectivity index (χ4n) is 2.20. The van der Waals surface area contributed by atoms with E-state index in [0.29, 0.717) is 21.9 Å². The van der Waals surface area contributed by atoms with E-state index in [0.717, 1.165) is 17.3 Å². The Kier molecular flexibility index (Phi) is 4.35. The van der Waals surface area contributed by atoms with Crippen molar-refractivity contribution in [2.75, 3.05) is 0 Å². The van der Waals surface area contributed by atoms with Gasteiger partial charge in [0.15, 0.2) is 5.16 Å². The van der Waals surface area contributed by atoms with Gasteiger partial charge in [0.25, 0.3) is 5.56 Å². The first-order valence-electron chi connectivity index (χ1n) is 7.38. The first-order valence-corrected chi connectivity index (χ1v) is 8.26. The van der Waals surface area contributed by atoms with Gasteiger partial charge in [0.2, 0.25) is 5.91 Å². The van der Waals surface area contributed by atoms with Crippen LogP contribution in [0.2, 0.25) is 0 Å². The van der Waals surface area contributed by atoms with Crippen LogP contribution in [0.4, 0.5) is 0 Å². The summed E-state index contributed by atoms with van der Waals surface area (Å²) in [5.41, 5.74) is 6.69. The highest BCUT2D eigenvalue weighted by atomic mass is 32.2. The maximum atomic E-state index is 12.9. The van der Waals surface area contributed by atoms with E-state index in [1.54, 1.807) is 37.4 Å². The average molecular weight is 340 g/mol. The van der Waals surface area contributed by atoms with E-state index in [1.807, 2.05) is 19.1 Å². The highest BCUT2D eigenvalue weighted by Crippen LogP contribution is 2.24. The van der Waals surface area contributed by atoms with Crippen LogP contribution in [0, 0.1) is 6.92 Å². The Hall–Kier alpha value is -2.67. The number of nitrogens with two attached hydrogens (primary N) is 1. The number of para-hydroxylation sites is 1. The number of benzene rings is 1. The van der Waals surface area contributed by atoms with Crippen molar-refractivity contribution >= 4 is 28.6 Å². The second-order valence-electron chi connectivity index (χ2n) is 5.41. The van der Waals surface area contributed by atoms with Gasteiger partial charge in [0, 0.05) is 6.20 Å². The number of primary amides is 1. The predicted octanol–water partition coefficient (Wildman–Crippen LogP) is 2.06. The molecule has 2 heterocycles. The van der Waals surface area contributed by atoms with Crippen LogP contribution in [0.1, 0.15) is 12.5 Å². The van der Waals surface area contributed by atoms with E-state index in [9.17, 15) is 9.59 Å². The molecule has 3 aromatic rings. The number of amides is 1. The number of hydrogen-bond donors (Lipinski definition) is 1. The summed E-state index contributed by atoms with van der Waals surface area (Å²) in [7, 11) is 0. The highest BCUT2D eigenvalue weighted by molar-refractivity contribution is 8.00. The van der Waals surface area contributed by atoms with Gasteiger partial charge in [0.1, 0.15) is 5.82 Å². The molecule has 6 nitrogen and oxygen atoms in total. The number of hydrogen-bond acceptors (Lipinski definition) is 5. The molecule has 2 aromatic heterocycles. The second-order valence-corrected chi connectivity index (χ2v) is 6.72. The summed E-state index contributed by atoms with van der Waals surface area (Å²) < 4.78 is 1.42. The van der Waals surface area contributed by atoms with Crippen LogP contribution in [0.3, 0.4) is 0 Å². The molecule has 0 saturated carbocycles. The number of aryl methyl sites for hydroxylation is 1. The molecular weight excluding hydrogens is 324 g/mol. The molecule has 1 aromatic carbocycles. The fourth-order valence-corrected chi connectivity index (χ4v) is 3.07. The van der Waals surface area contributed by atoms with Crippen molar-refractivity contribution < 1.29 is 4.79 Å². The van der Waals surface area contributed by atoms with Crippen LogP contribution in [0.15, 0.2) is 52.5 Å². The molecule has 0 saturated heterocycles. The number of carbonyl (C=O) groups is 1. The minimum Gasteiger partial charge on any atom is -0.369 e. The van der Waals surface area contributed by atoms with Crippen molar-refractivity contribution in [1.29, 1.82) is 0 Å². The van der Waals surface area contributed by atoms with Gasteiger partial charge in [0.05, 0.1) is 16.2 Å². The highest BCUT2D eigenvalue weighted by Gasteiger charge is 2.18. The van der Waals surface area contributed by atoms with Gasteiger partial charge in [-0.25, -0.2) is 14.5 Å². The van der Waals surface area contributed by atoms with Crippen molar-refractivity contribution in [3.8, 4) is 5.82 Å². The Morgan fingerprint density at radius 2 is 2.00 bits per heavy atom. The van der Waals surface area contributed by atoms with Crippen LogP contribution in [0.25, 0.3) is 16.7 Å². The Bertz CT molecular complexity index is 966. The third-order valence-electron chi connectivity index (χ3n) is 3.55. The quantitative estimate of drug-likeness (QED) is 0.580. The van der Waals surface area contributed by atoms with E-state index >= 15 is 0 Å². The molecule has 0 aliphatic heterocycles. The molecule has 0 aliphatic rings. The lowest BCUT2D eigenvalue weighted by Gasteiger charge is -2.14. The van der Waals surface area contributed by atoms with Crippen molar-refractivity contribution in [3.05, 3.63) is 58.5 Å². The normalized spacial score (nSPS) is 12.2. The molecule has 0 spiro atoms. The lowest BCUT2D eigenvalue weighted by molar-refractivity contribution is -0.117. The molecule has 24 heavy (non-hydrogen) atoms. The van der Waals surface area contributed by atoms with E-state index in [-0.39, 0.29) is 5.56 Å². The molecule has 0 radical (unpaired) electrons. The average Bonchev–Trinajstić information content (AvgIpc) is 2.56. The molecular formula is C17H16N4O2S. The number of rotatable bonds is 4. The molecule has 0 unspecified atom stereocenters. The zero-order chi connectivity index (χ0) is 17.3. The Balaban J connectivity index is 2.27.